The molecular formula is C40H54O. The number of allylic oxidation sites excluding steroid dienone is 24. The maximum Gasteiger partial charge on any atom is 0.158 e. The highest BCUT2D eigenvalue weighted by Gasteiger charge is 2.26. The Labute approximate surface area is 252 Å². The molecule has 0 fully saturated rings. The Morgan fingerprint density at radius 2 is 1.05 bits per heavy atom. The zero-order valence-electron chi connectivity index (χ0n) is 27.4. The summed E-state index contributed by atoms with van der Waals surface area (Å²) in [7, 11) is 0. The molecule has 1 rings (SSSR count). The van der Waals surface area contributed by atoms with E-state index in [4.69, 9.17) is 0 Å². The highest BCUT2D eigenvalue weighted by Crippen LogP contribution is 2.40. The van der Waals surface area contributed by atoms with E-state index in [1.165, 1.54) is 47.1 Å². The van der Waals surface area contributed by atoms with Gasteiger partial charge in [0, 0.05) is 5.92 Å². The standard InChI is InChI=1S/C40H54O/c1-31(2)39(41)29-27-36(7)24-15-22-34(5)21-13-19-32(3)17-11-12-18-33(4)20-14-23-35(6)26-28-38-37(8)25-16-30-40(38,9)10/h11-15,17-24,26-29,31H,16,25,30H2,1-10H3. The van der Waals surface area contributed by atoms with Gasteiger partial charge in [0.1, 0.15) is 0 Å². The maximum absolute atomic E-state index is 11.7. The van der Waals surface area contributed by atoms with Crippen molar-refractivity contribution in [2.75, 3.05) is 0 Å². The van der Waals surface area contributed by atoms with E-state index in [9.17, 15) is 4.79 Å². The van der Waals surface area contributed by atoms with Gasteiger partial charge >= 0.3 is 0 Å². The highest BCUT2D eigenvalue weighted by atomic mass is 16.1. The summed E-state index contributed by atoms with van der Waals surface area (Å²) in [6.45, 7) is 21.3. The Balaban J connectivity index is 2.61. The molecule has 0 saturated heterocycles. The first kappa shape index (κ1) is 35.6. The minimum absolute atomic E-state index is 0.0361. The van der Waals surface area contributed by atoms with Gasteiger partial charge in [0.05, 0.1) is 0 Å². The van der Waals surface area contributed by atoms with Crippen molar-refractivity contribution in [1.29, 1.82) is 0 Å². The van der Waals surface area contributed by atoms with Crippen LogP contribution in [0, 0.1) is 11.3 Å². The lowest BCUT2D eigenvalue weighted by atomic mass is 9.72. The molecule has 0 radical (unpaired) electrons. The van der Waals surface area contributed by atoms with Crippen LogP contribution in [0.1, 0.15) is 88.5 Å². The van der Waals surface area contributed by atoms with Gasteiger partial charge in [-0.2, -0.15) is 0 Å². The summed E-state index contributed by atoms with van der Waals surface area (Å²) in [6.07, 6.45) is 39.1. The number of carbonyl (C=O) groups is 1. The van der Waals surface area contributed by atoms with Crippen molar-refractivity contribution < 1.29 is 4.79 Å². The predicted octanol–water partition coefficient (Wildman–Crippen LogP) is 11.8. The molecule has 0 aliphatic heterocycles. The van der Waals surface area contributed by atoms with E-state index >= 15 is 0 Å². The van der Waals surface area contributed by atoms with E-state index in [0.717, 1.165) is 11.1 Å². The van der Waals surface area contributed by atoms with Crippen LogP contribution in [0.3, 0.4) is 0 Å². The van der Waals surface area contributed by atoms with Crippen molar-refractivity contribution >= 4 is 5.78 Å². The first-order valence-corrected chi connectivity index (χ1v) is 15.0. The molecule has 220 valence electrons. The lowest BCUT2D eigenvalue weighted by molar-refractivity contribution is -0.117. The van der Waals surface area contributed by atoms with Crippen LogP contribution in [0.15, 0.2) is 142 Å². The fourth-order valence-electron chi connectivity index (χ4n) is 4.38. The van der Waals surface area contributed by atoms with Gasteiger partial charge in [-0.05, 0) is 77.9 Å². The second-order valence-corrected chi connectivity index (χ2v) is 12.2. The summed E-state index contributed by atoms with van der Waals surface area (Å²) in [5.41, 5.74) is 9.18. The molecule has 0 N–H and O–H groups in total. The smallest absolute Gasteiger partial charge is 0.158 e. The Morgan fingerprint density at radius 1 is 0.634 bits per heavy atom. The normalized spacial score (nSPS) is 18.8. The Hall–Kier alpha value is -3.45. The average Bonchev–Trinajstić information content (AvgIpc) is 2.89. The Bertz CT molecular complexity index is 1250. The van der Waals surface area contributed by atoms with Crippen molar-refractivity contribution in [3.05, 3.63) is 142 Å². The minimum atomic E-state index is 0.0361. The molecule has 0 heterocycles. The lowest BCUT2D eigenvalue weighted by Crippen LogP contribution is -2.19. The third-order valence-electron chi connectivity index (χ3n) is 7.12. The molecule has 0 spiro atoms. The van der Waals surface area contributed by atoms with Gasteiger partial charge < -0.3 is 0 Å². The van der Waals surface area contributed by atoms with Crippen LogP contribution in [0.2, 0.25) is 0 Å². The Morgan fingerprint density at radius 3 is 1.49 bits per heavy atom. The summed E-state index contributed by atoms with van der Waals surface area (Å²) in [5, 5.41) is 0. The van der Waals surface area contributed by atoms with E-state index in [1.807, 2.05) is 39.0 Å². The van der Waals surface area contributed by atoms with Crippen LogP contribution < -0.4 is 0 Å². The van der Waals surface area contributed by atoms with Gasteiger partial charge in [0.25, 0.3) is 0 Å². The molecule has 1 aliphatic rings. The predicted molar refractivity (Wildman–Crippen MR) is 184 cm³/mol. The SMILES string of the molecule is CC(C=CC=C(C)C=CC=C(C)C=CC(=O)C(C)C)=CC=CC=C(C)C=CC=C(C)C=CC1=C(C)CCCC1(C)C. The molecule has 0 saturated carbocycles. The Kier molecular flexibility index (Phi) is 16.3. The van der Waals surface area contributed by atoms with E-state index < -0.39 is 0 Å². The quantitative estimate of drug-likeness (QED) is 0.165. The topological polar surface area (TPSA) is 17.1 Å². The van der Waals surface area contributed by atoms with E-state index in [1.54, 1.807) is 6.08 Å². The van der Waals surface area contributed by atoms with Crippen LogP contribution in [0.4, 0.5) is 0 Å². The molecule has 0 aromatic carbocycles. The van der Waals surface area contributed by atoms with Gasteiger partial charge in [-0.1, -0.05) is 158 Å². The third-order valence-corrected chi connectivity index (χ3v) is 7.12. The fourth-order valence-corrected chi connectivity index (χ4v) is 4.38. The summed E-state index contributed by atoms with van der Waals surface area (Å²) in [6, 6.07) is 0. The van der Waals surface area contributed by atoms with Crippen LogP contribution in [-0.4, -0.2) is 5.78 Å². The van der Waals surface area contributed by atoms with E-state index in [0.29, 0.717) is 0 Å². The summed E-state index contributed by atoms with van der Waals surface area (Å²) in [5.74, 6) is 0.187. The molecule has 0 atom stereocenters. The molecule has 0 aromatic heterocycles. The summed E-state index contributed by atoms with van der Waals surface area (Å²) >= 11 is 0. The average molecular weight is 551 g/mol. The third kappa shape index (κ3) is 15.8. The molecular weight excluding hydrogens is 496 g/mol. The van der Waals surface area contributed by atoms with Gasteiger partial charge in [-0.15, -0.1) is 0 Å². The number of hydrogen-bond acceptors (Lipinski definition) is 1. The van der Waals surface area contributed by atoms with E-state index in [2.05, 4.69) is 127 Å². The van der Waals surface area contributed by atoms with Gasteiger partial charge in [-0.25, -0.2) is 0 Å². The van der Waals surface area contributed by atoms with Crippen molar-refractivity contribution in [3.8, 4) is 0 Å². The number of rotatable bonds is 13. The van der Waals surface area contributed by atoms with Gasteiger partial charge in [-0.3, -0.25) is 4.79 Å². The summed E-state index contributed by atoms with van der Waals surface area (Å²) in [4.78, 5) is 11.7. The monoisotopic (exact) mass is 550 g/mol. The highest BCUT2D eigenvalue weighted by molar-refractivity contribution is 5.91. The van der Waals surface area contributed by atoms with Crippen LogP contribution in [0.25, 0.3) is 0 Å². The largest absolute Gasteiger partial charge is 0.295 e. The van der Waals surface area contributed by atoms with Crippen LogP contribution in [-0.2, 0) is 4.79 Å². The molecule has 0 amide bonds. The summed E-state index contributed by atoms with van der Waals surface area (Å²) < 4.78 is 0. The van der Waals surface area contributed by atoms with Gasteiger partial charge in [0.15, 0.2) is 5.78 Å². The number of hydrogen-bond donors (Lipinski definition) is 0. The van der Waals surface area contributed by atoms with Crippen molar-refractivity contribution in [2.45, 2.75) is 88.5 Å². The second-order valence-electron chi connectivity index (χ2n) is 12.2. The lowest BCUT2D eigenvalue weighted by Gasteiger charge is -2.32. The van der Waals surface area contributed by atoms with Crippen molar-refractivity contribution in [2.24, 2.45) is 11.3 Å². The molecule has 0 unspecified atom stereocenters. The zero-order valence-corrected chi connectivity index (χ0v) is 27.4. The minimum Gasteiger partial charge on any atom is -0.295 e. The maximum atomic E-state index is 11.7. The molecule has 0 aromatic rings. The second kappa shape index (κ2) is 18.8. The van der Waals surface area contributed by atoms with Crippen LogP contribution >= 0.6 is 0 Å². The molecule has 1 nitrogen and oxygen atoms in total. The first-order valence-electron chi connectivity index (χ1n) is 15.0. The first-order chi connectivity index (χ1) is 19.3. The van der Waals surface area contributed by atoms with Crippen molar-refractivity contribution in [1.82, 2.24) is 0 Å². The van der Waals surface area contributed by atoms with Crippen LogP contribution in [0.5, 0.6) is 0 Å². The number of ketones is 1. The zero-order chi connectivity index (χ0) is 30.8. The van der Waals surface area contributed by atoms with Gasteiger partial charge in [0.2, 0.25) is 0 Å². The fraction of sp³-hybridized carbons (Fsp3) is 0.375. The van der Waals surface area contributed by atoms with Crippen molar-refractivity contribution in [3.63, 3.8) is 0 Å². The molecule has 1 heteroatoms. The molecule has 41 heavy (non-hydrogen) atoms. The molecule has 1 aliphatic carbocycles. The number of carbonyl (C=O) groups excluding carboxylic acids is 1. The van der Waals surface area contributed by atoms with E-state index in [-0.39, 0.29) is 17.1 Å². The molecule has 0 bridgehead atoms.